The van der Waals surface area contributed by atoms with E-state index in [0.717, 1.165) is 51.0 Å². The Balaban J connectivity index is 0.00000256. The lowest BCUT2D eigenvalue weighted by Crippen LogP contribution is -2.56. The molecule has 0 spiro atoms. The largest absolute Gasteiger partial charge is 0.356 e. The van der Waals surface area contributed by atoms with Crippen LogP contribution in [0, 0.1) is 5.92 Å². The fourth-order valence-corrected chi connectivity index (χ4v) is 4.92. The molecule has 6 nitrogen and oxygen atoms in total. The van der Waals surface area contributed by atoms with Gasteiger partial charge in [0.1, 0.15) is 0 Å². The van der Waals surface area contributed by atoms with Crippen molar-refractivity contribution >= 4 is 29.9 Å². The van der Waals surface area contributed by atoms with Gasteiger partial charge in [0, 0.05) is 58.2 Å². The van der Waals surface area contributed by atoms with E-state index in [4.69, 9.17) is 0 Å². The third-order valence-electron chi connectivity index (χ3n) is 6.33. The van der Waals surface area contributed by atoms with E-state index in [-0.39, 0.29) is 24.0 Å². The van der Waals surface area contributed by atoms with Crippen molar-refractivity contribution in [3.8, 4) is 0 Å². The van der Waals surface area contributed by atoms with E-state index < -0.39 is 0 Å². The van der Waals surface area contributed by atoms with Crippen LogP contribution in [0.15, 0.2) is 53.8 Å². The molecule has 30 heavy (non-hydrogen) atoms. The zero-order chi connectivity index (χ0) is 19.9. The summed E-state index contributed by atoms with van der Waals surface area (Å²) < 4.78 is 1.99. The Hall–Kier alpha value is -1.61. The van der Waals surface area contributed by atoms with E-state index >= 15 is 0 Å². The van der Waals surface area contributed by atoms with Gasteiger partial charge in [0.25, 0.3) is 0 Å². The lowest BCUT2D eigenvalue weighted by molar-refractivity contribution is 0.0372. The van der Waals surface area contributed by atoms with Crippen molar-refractivity contribution in [1.82, 2.24) is 24.9 Å². The summed E-state index contributed by atoms with van der Waals surface area (Å²) in [6.07, 6.45) is 8.77. The molecular weight excluding hydrogens is 487 g/mol. The Labute approximate surface area is 197 Å². The highest BCUT2D eigenvalue weighted by Gasteiger charge is 2.36. The molecule has 2 aromatic rings. The molecule has 2 atom stereocenters. The van der Waals surface area contributed by atoms with E-state index in [0.29, 0.717) is 6.04 Å². The van der Waals surface area contributed by atoms with Crippen LogP contribution in [0.3, 0.4) is 0 Å². The van der Waals surface area contributed by atoms with Gasteiger partial charge in [-0.15, -0.1) is 24.0 Å². The number of guanidine groups is 1. The number of likely N-dealkylation sites (tertiary alicyclic amines) is 2. The van der Waals surface area contributed by atoms with Crippen molar-refractivity contribution in [3.05, 3.63) is 54.4 Å². The van der Waals surface area contributed by atoms with Crippen molar-refractivity contribution in [1.29, 1.82) is 0 Å². The maximum Gasteiger partial charge on any atom is 0.193 e. The summed E-state index contributed by atoms with van der Waals surface area (Å²) in [7, 11) is 1.91. The molecule has 0 amide bonds. The molecule has 2 saturated heterocycles. The number of aromatic nitrogens is 2. The first-order valence-corrected chi connectivity index (χ1v) is 11.0. The standard InChI is InChI=1S/C23H34N6.HI/c1-24-23(25-12-6-15-29-16-7-13-26-29)28-17-11-22-21(19-28)10-5-14-27(22)18-20-8-3-2-4-9-20;/h2-4,7-9,13,16,21-22H,5-6,10-12,14-15,17-19H2,1H3,(H,24,25);1H. The van der Waals surface area contributed by atoms with Gasteiger partial charge in [0.05, 0.1) is 0 Å². The fourth-order valence-electron chi connectivity index (χ4n) is 4.92. The molecule has 164 valence electrons. The van der Waals surface area contributed by atoms with Crippen LogP contribution in [-0.2, 0) is 13.1 Å². The predicted octanol–water partition coefficient (Wildman–Crippen LogP) is 3.45. The van der Waals surface area contributed by atoms with Crippen LogP contribution in [0.5, 0.6) is 0 Å². The molecule has 1 aromatic carbocycles. The zero-order valence-electron chi connectivity index (χ0n) is 18.0. The monoisotopic (exact) mass is 522 g/mol. The number of nitrogens with one attached hydrogen (secondary N) is 1. The molecule has 7 heteroatoms. The van der Waals surface area contributed by atoms with Crippen LogP contribution in [0.1, 0.15) is 31.2 Å². The smallest absolute Gasteiger partial charge is 0.193 e. The van der Waals surface area contributed by atoms with Gasteiger partial charge in [-0.1, -0.05) is 30.3 Å². The van der Waals surface area contributed by atoms with Crippen molar-refractivity contribution in [2.75, 3.05) is 33.2 Å². The molecule has 2 aliphatic heterocycles. The summed E-state index contributed by atoms with van der Waals surface area (Å²) in [4.78, 5) is 9.76. The Morgan fingerprint density at radius 3 is 2.80 bits per heavy atom. The average molecular weight is 522 g/mol. The second-order valence-corrected chi connectivity index (χ2v) is 8.26. The summed E-state index contributed by atoms with van der Waals surface area (Å²) in [5.74, 6) is 1.80. The number of piperidine rings is 2. The van der Waals surface area contributed by atoms with E-state index in [9.17, 15) is 0 Å². The topological polar surface area (TPSA) is 48.7 Å². The van der Waals surface area contributed by atoms with Crippen molar-refractivity contribution in [3.63, 3.8) is 0 Å². The van der Waals surface area contributed by atoms with Crippen LogP contribution in [-0.4, -0.2) is 64.8 Å². The summed E-state index contributed by atoms with van der Waals surface area (Å²) in [5.41, 5.74) is 1.44. The molecule has 0 aliphatic carbocycles. The molecule has 0 saturated carbocycles. The molecule has 4 rings (SSSR count). The van der Waals surface area contributed by atoms with Crippen LogP contribution in [0.25, 0.3) is 0 Å². The molecular formula is C23H35IN6. The maximum atomic E-state index is 4.57. The van der Waals surface area contributed by atoms with E-state index in [2.05, 4.69) is 55.5 Å². The first kappa shape index (κ1) is 23.1. The Kier molecular flexibility index (Phi) is 8.99. The highest BCUT2D eigenvalue weighted by Crippen LogP contribution is 2.31. The molecule has 0 radical (unpaired) electrons. The van der Waals surface area contributed by atoms with Crippen LogP contribution in [0.4, 0.5) is 0 Å². The minimum Gasteiger partial charge on any atom is -0.356 e. The van der Waals surface area contributed by atoms with Gasteiger partial charge in [-0.3, -0.25) is 14.6 Å². The van der Waals surface area contributed by atoms with Gasteiger partial charge in [0.2, 0.25) is 0 Å². The van der Waals surface area contributed by atoms with Gasteiger partial charge in [-0.25, -0.2) is 0 Å². The van der Waals surface area contributed by atoms with Gasteiger partial charge in [0.15, 0.2) is 5.96 Å². The SMILES string of the molecule is CN=C(NCCCn1cccn1)N1CCC2C(CCCN2Cc2ccccc2)C1.I. The molecule has 1 aromatic heterocycles. The minimum atomic E-state index is 0. The minimum absolute atomic E-state index is 0. The summed E-state index contributed by atoms with van der Waals surface area (Å²) in [6, 6.07) is 13.6. The highest BCUT2D eigenvalue weighted by molar-refractivity contribution is 14.0. The number of benzene rings is 1. The van der Waals surface area contributed by atoms with Gasteiger partial charge in [-0.05, 0) is 49.8 Å². The van der Waals surface area contributed by atoms with E-state index in [1.807, 2.05) is 30.2 Å². The molecule has 2 fully saturated rings. The first-order valence-electron chi connectivity index (χ1n) is 11.0. The number of fused-ring (bicyclic) bond motifs is 1. The molecule has 3 heterocycles. The fraction of sp³-hybridized carbons (Fsp3) is 0.565. The second kappa shape index (κ2) is 11.7. The maximum absolute atomic E-state index is 4.57. The zero-order valence-corrected chi connectivity index (χ0v) is 20.3. The number of aryl methyl sites for hydroxylation is 1. The average Bonchev–Trinajstić information content (AvgIpc) is 3.28. The van der Waals surface area contributed by atoms with E-state index in [1.54, 1.807) is 0 Å². The number of nitrogens with zero attached hydrogens (tertiary/aromatic N) is 5. The quantitative estimate of drug-likeness (QED) is 0.273. The van der Waals surface area contributed by atoms with Crippen LogP contribution < -0.4 is 5.32 Å². The molecule has 2 aliphatic rings. The lowest BCUT2D eigenvalue weighted by atomic mass is 9.83. The van der Waals surface area contributed by atoms with Crippen LogP contribution >= 0.6 is 24.0 Å². The van der Waals surface area contributed by atoms with E-state index in [1.165, 1.54) is 31.4 Å². The second-order valence-electron chi connectivity index (χ2n) is 8.26. The van der Waals surface area contributed by atoms with Gasteiger partial charge < -0.3 is 10.2 Å². The molecule has 1 N–H and O–H groups in total. The Morgan fingerprint density at radius 2 is 2.03 bits per heavy atom. The van der Waals surface area contributed by atoms with Gasteiger partial charge in [-0.2, -0.15) is 5.10 Å². The third-order valence-corrected chi connectivity index (χ3v) is 6.33. The Morgan fingerprint density at radius 1 is 1.17 bits per heavy atom. The predicted molar refractivity (Wildman–Crippen MR) is 133 cm³/mol. The molecule has 0 bridgehead atoms. The van der Waals surface area contributed by atoms with Gasteiger partial charge >= 0.3 is 0 Å². The van der Waals surface area contributed by atoms with Crippen molar-refractivity contribution < 1.29 is 0 Å². The van der Waals surface area contributed by atoms with Crippen molar-refractivity contribution in [2.45, 2.75) is 44.8 Å². The summed E-state index contributed by atoms with van der Waals surface area (Å²) in [5, 5.41) is 7.84. The normalized spacial score (nSPS) is 22.3. The Bertz CT molecular complexity index is 763. The number of hydrogen-bond acceptors (Lipinski definition) is 3. The number of hydrogen-bond donors (Lipinski definition) is 1. The van der Waals surface area contributed by atoms with Crippen LogP contribution in [0.2, 0.25) is 0 Å². The highest BCUT2D eigenvalue weighted by atomic mass is 127. The summed E-state index contributed by atoms with van der Waals surface area (Å²) >= 11 is 0. The first-order chi connectivity index (χ1) is 14.3. The third kappa shape index (κ3) is 5.97. The van der Waals surface area contributed by atoms with Crippen molar-refractivity contribution in [2.24, 2.45) is 10.9 Å². The molecule has 2 unspecified atom stereocenters. The number of halogens is 1. The summed E-state index contributed by atoms with van der Waals surface area (Å²) in [6.45, 7) is 6.40. The number of aliphatic imine (C=N–C) groups is 1. The number of rotatable bonds is 6. The lowest BCUT2D eigenvalue weighted by Gasteiger charge is -2.48.